The molecule has 360 valence electrons. The molecule has 0 unspecified atom stereocenters. The molecule has 16 nitrogen and oxygen atoms in total. The van der Waals surface area contributed by atoms with Crippen LogP contribution >= 0.6 is 0 Å². The lowest BCUT2D eigenvalue weighted by molar-refractivity contribution is 0.0345. The van der Waals surface area contributed by atoms with Crippen molar-refractivity contribution in [2.75, 3.05) is 30.5 Å². The molecule has 6 N–H and O–H groups in total. The summed E-state index contributed by atoms with van der Waals surface area (Å²) in [7, 11) is 0. The second-order valence-electron chi connectivity index (χ2n) is 15.3. The fourth-order valence-electron chi connectivity index (χ4n) is 7.40. The Morgan fingerprint density at radius 2 is 1.18 bits per heavy atom. The predicted molar refractivity (Wildman–Crippen MR) is 275 cm³/mol. The number of anilines is 2. The first-order valence-corrected chi connectivity index (χ1v) is 22.7. The summed E-state index contributed by atoms with van der Waals surface area (Å²) in [5.41, 5.74) is 6.22. The summed E-state index contributed by atoms with van der Waals surface area (Å²) in [4.78, 5) is 43.0. The highest BCUT2D eigenvalue weighted by Crippen LogP contribution is 2.33. The van der Waals surface area contributed by atoms with Crippen molar-refractivity contribution in [3.63, 3.8) is 0 Å². The summed E-state index contributed by atoms with van der Waals surface area (Å²) in [5, 5.41) is 27.2. The van der Waals surface area contributed by atoms with Crippen LogP contribution in [0.4, 0.5) is 11.4 Å². The quantitative estimate of drug-likeness (QED) is 0.0535. The van der Waals surface area contributed by atoms with Crippen molar-refractivity contribution in [2.24, 2.45) is 0 Å². The van der Waals surface area contributed by atoms with Gasteiger partial charge in [-0.15, -0.1) is 0 Å². The minimum atomic E-state index is -0.427. The largest absolute Gasteiger partial charge is 0.494 e. The summed E-state index contributed by atoms with van der Waals surface area (Å²) in [5.74, 6) is 3.16. The molecule has 0 atom stereocenters. The molecule has 1 aliphatic heterocycles. The average Bonchev–Trinajstić information content (AvgIpc) is 4.10. The maximum Gasteiger partial charge on any atom is 0.252 e. The van der Waals surface area contributed by atoms with E-state index in [1.165, 1.54) is 0 Å². The third-order valence-electron chi connectivity index (χ3n) is 10.8. The Bertz CT molecular complexity index is 2830. The number of hydrogen-bond acceptors (Lipinski definition) is 12. The van der Waals surface area contributed by atoms with Gasteiger partial charge in [-0.25, -0.2) is 9.97 Å². The molecular formula is C52H68N12O4. The van der Waals surface area contributed by atoms with Gasteiger partial charge in [0.15, 0.2) is 11.6 Å². The molecule has 1 aliphatic rings. The van der Waals surface area contributed by atoms with E-state index >= 15 is 0 Å². The minimum Gasteiger partial charge on any atom is -0.494 e. The maximum absolute atomic E-state index is 13.3. The van der Waals surface area contributed by atoms with E-state index in [0.717, 1.165) is 52.2 Å². The third-order valence-corrected chi connectivity index (χ3v) is 10.8. The highest BCUT2D eigenvalue weighted by molar-refractivity contribution is 5.96. The second kappa shape index (κ2) is 24.3. The number of carbonyl (C=O) groups excluding carboxylic acids is 2. The molecule has 5 heterocycles. The molecular weight excluding hydrogens is 857 g/mol. The van der Waals surface area contributed by atoms with Gasteiger partial charge in [0.25, 0.3) is 11.8 Å². The maximum atomic E-state index is 13.3. The number of H-pyrrole nitrogens is 2. The normalized spacial score (nSPS) is 12.5. The number of aromatic nitrogens is 8. The molecule has 1 fully saturated rings. The second-order valence-corrected chi connectivity index (χ2v) is 15.3. The lowest BCUT2D eigenvalue weighted by Gasteiger charge is -2.38. The van der Waals surface area contributed by atoms with Gasteiger partial charge < -0.3 is 30.7 Å². The summed E-state index contributed by atoms with van der Waals surface area (Å²) >= 11 is 0. The highest BCUT2D eigenvalue weighted by Gasteiger charge is 2.36. The van der Waals surface area contributed by atoms with Crippen molar-refractivity contribution in [3.05, 3.63) is 186 Å². The molecule has 16 heteroatoms. The van der Waals surface area contributed by atoms with E-state index in [1.807, 2.05) is 130 Å². The van der Waals surface area contributed by atoms with Crippen LogP contribution in [-0.4, -0.2) is 72.0 Å². The van der Waals surface area contributed by atoms with Crippen LogP contribution in [0.15, 0.2) is 152 Å². The Morgan fingerprint density at radius 3 is 1.74 bits per heavy atom. The number of aromatic amines is 2. The number of nitrogens with one attached hydrogen (secondary N) is 6. The zero-order valence-electron chi connectivity index (χ0n) is 38.4. The van der Waals surface area contributed by atoms with Crippen LogP contribution < -0.4 is 26.0 Å². The smallest absolute Gasteiger partial charge is 0.252 e. The van der Waals surface area contributed by atoms with Crippen LogP contribution in [0, 0.1) is 0 Å². The van der Waals surface area contributed by atoms with Gasteiger partial charge in [0.05, 0.1) is 25.2 Å². The number of ether oxygens (including phenoxy) is 2. The molecule has 0 saturated carbocycles. The molecule has 0 aliphatic carbocycles. The lowest BCUT2D eigenvalue weighted by Crippen LogP contribution is -2.49. The number of pyridine rings is 2. The predicted octanol–water partition coefficient (Wildman–Crippen LogP) is 10.2. The Kier molecular flexibility index (Phi) is 17.1. The van der Waals surface area contributed by atoms with E-state index in [4.69, 9.17) is 9.47 Å². The number of para-hydroxylation sites is 1. The van der Waals surface area contributed by atoms with Crippen LogP contribution in [0.3, 0.4) is 0 Å². The first-order chi connectivity index (χ1) is 33.4. The Morgan fingerprint density at radius 1 is 0.647 bits per heavy atom. The van der Waals surface area contributed by atoms with Gasteiger partial charge >= 0.3 is 0 Å². The number of nitrogens with zero attached hydrogens (tertiary/aromatic N) is 6. The van der Waals surface area contributed by atoms with Crippen LogP contribution in [0.25, 0.3) is 22.8 Å². The van der Waals surface area contributed by atoms with E-state index in [0.29, 0.717) is 73.9 Å². The van der Waals surface area contributed by atoms with E-state index in [-0.39, 0.29) is 20.4 Å². The molecule has 0 radical (unpaired) electrons. The summed E-state index contributed by atoms with van der Waals surface area (Å²) < 4.78 is 11.2. The molecule has 1 saturated heterocycles. The first-order valence-electron chi connectivity index (χ1n) is 22.7. The zero-order chi connectivity index (χ0) is 47.4. The van der Waals surface area contributed by atoms with Crippen molar-refractivity contribution < 1.29 is 27.6 Å². The monoisotopic (exact) mass is 925 g/mol. The van der Waals surface area contributed by atoms with Crippen LogP contribution in [0.2, 0.25) is 0 Å². The average molecular weight is 925 g/mol. The summed E-state index contributed by atoms with van der Waals surface area (Å²) in [6, 6.07) is 40.1. The standard InChI is InChI=1S/C26H26N6O2.C24H24N6O2.C2H6.6H2/c33-25(30-26(11-15-34-16-12-26)21-6-2-1-3-7-21)20-5-4-8-22(17-20)28-18-23-29-24(32-31-23)19-9-13-27-14-10-19;1-2-32-21-9-4-3-6-19(21)15-27-24(31)18-7-5-8-20(14-18)26-16-22-28-23(30-29-22)17-10-12-25-13-11-17;1-2;;;;;;/h1-10,13-14,17,28H,11-12,15-16,18H2,(H,30,33)(H,29,31,32);3-14,26H,2,15-16H2,1H3,(H,27,31)(H,28,29,30);1-2H3;6*1H. The molecule has 9 rings (SSSR count). The van der Waals surface area contributed by atoms with E-state index in [2.05, 4.69) is 73.7 Å². The topological polar surface area (TPSA) is 210 Å². The number of hydrogen-bond donors (Lipinski definition) is 6. The molecule has 4 aromatic carbocycles. The van der Waals surface area contributed by atoms with Gasteiger partial charge in [-0.05, 0) is 92.1 Å². The van der Waals surface area contributed by atoms with Crippen molar-refractivity contribution in [2.45, 2.75) is 58.8 Å². The number of amides is 2. The van der Waals surface area contributed by atoms with E-state index < -0.39 is 5.54 Å². The van der Waals surface area contributed by atoms with Crippen molar-refractivity contribution >= 4 is 23.2 Å². The molecule has 0 spiro atoms. The molecule has 68 heavy (non-hydrogen) atoms. The third kappa shape index (κ3) is 13.0. The van der Waals surface area contributed by atoms with Gasteiger partial charge in [0.2, 0.25) is 0 Å². The number of benzene rings is 4. The van der Waals surface area contributed by atoms with Crippen molar-refractivity contribution in [3.8, 4) is 28.5 Å². The number of carbonyl (C=O) groups is 2. The van der Waals surface area contributed by atoms with Crippen LogP contribution in [0.5, 0.6) is 5.75 Å². The Hall–Kier alpha value is -8.24. The van der Waals surface area contributed by atoms with E-state index in [1.54, 1.807) is 30.9 Å². The van der Waals surface area contributed by atoms with Gasteiger partial charge in [-0.3, -0.25) is 29.8 Å². The SMILES string of the molecule is CC.CCOc1ccccc1CNC(=O)c1cccc(NCc2nc(-c3ccncc3)n[nH]2)c1.O=C(NC1(c2ccccc2)CCOCC1)c1cccc(NCc2nc(-c3ccncc3)n[nH]2)c1.[HH].[HH].[HH].[HH].[HH].[HH]. The van der Waals surface area contributed by atoms with Crippen LogP contribution in [0.1, 0.15) is 85.7 Å². The Labute approximate surface area is 404 Å². The fraction of sp³-hybridized carbons (Fsp3) is 0.231. The minimum absolute atomic E-state index is 0. The van der Waals surface area contributed by atoms with Crippen LogP contribution in [-0.2, 0) is 29.9 Å². The lowest BCUT2D eigenvalue weighted by atomic mass is 9.82. The summed E-state index contributed by atoms with van der Waals surface area (Å²) in [6.07, 6.45) is 8.31. The Balaban J connectivity index is 0.000000665. The van der Waals surface area contributed by atoms with Gasteiger partial charge in [0.1, 0.15) is 17.4 Å². The number of rotatable bonds is 16. The van der Waals surface area contributed by atoms with Gasteiger partial charge in [-0.2, -0.15) is 10.2 Å². The first kappa shape index (κ1) is 47.7. The van der Waals surface area contributed by atoms with Gasteiger partial charge in [-0.1, -0.05) is 74.5 Å². The highest BCUT2D eigenvalue weighted by atomic mass is 16.5. The van der Waals surface area contributed by atoms with Crippen molar-refractivity contribution in [1.82, 2.24) is 51.0 Å². The fourth-order valence-corrected chi connectivity index (χ4v) is 7.40. The summed E-state index contributed by atoms with van der Waals surface area (Å²) in [6.45, 7) is 9.05. The molecule has 4 aromatic heterocycles. The van der Waals surface area contributed by atoms with E-state index in [9.17, 15) is 9.59 Å². The van der Waals surface area contributed by atoms with Gasteiger partial charge in [0, 0.05) is 92.3 Å². The van der Waals surface area contributed by atoms with Crippen molar-refractivity contribution in [1.29, 1.82) is 0 Å². The zero-order valence-corrected chi connectivity index (χ0v) is 38.4. The molecule has 8 aromatic rings. The molecule has 0 bridgehead atoms. The molecule has 2 amide bonds.